The first kappa shape index (κ1) is 19.7. The van der Waals surface area contributed by atoms with Gasteiger partial charge in [-0.3, -0.25) is 14.5 Å². The summed E-state index contributed by atoms with van der Waals surface area (Å²) in [5, 5.41) is 3.21. The van der Waals surface area contributed by atoms with E-state index >= 15 is 0 Å². The Bertz CT molecular complexity index is 923. The Balaban J connectivity index is 2.07. The van der Waals surface area contributed by atoms with Gasteiger partial charge >= 0.3 is 0 Å². The molecule has 1 heterocycles. The molecule has 1 aliphatic heterocycles. The summed E-state index contributed by atoms with van der Waals surface area (Å²) in [5.41, 5.74) is 4.36. The third-order valence-corrected chi connectivity index (χ3v) is 4.58. The molecule has 0 saturated carbocycles. The van der Waals surface area contributed by atoms with Crippen molar-refractivity contribution in [3.8, 4) is 5.75 Å². The molecule has 0 aromatic heterocycles. The second-order valence-electron chi connectivity index (χ2n) is 7.28. The maximum absolute atomic E-state index is 13.1. The number of carbonyl (C=O) groups excluding carboxylic acids is 2. The lowest BCUT2D eigenvalue weighted by Crippen LogP contribution is -2.38. The Hall–Kier alpha value is -3.08. The van der Waals surface area contributed by atoms with Crippen LogP contribution in [0.25, 0.3) is 5.57 Å². The van der Waals surface area contributed by atoms with E-state index in [0.29, 0.717) is 23.4 Å². The van der Waals surface area contributed by atoms with Gasteiger partial charge in [-0.15, -0.1) is 0 Å². The SMILES string of the molecule is CCOc1ccc(C2=C(Nc3cc(C)cc(C)c3)C(=O)N(C(C)C)C2=O)cc1. The molecule has 0 fully saturated rings. The van der Waals surface area contributed by atoms with Crippen molar-refractivity contribution < 1.29 is 14.3 Å². The zero-order valence-electron chi connectivity index (χ0n) is 17.0. The predicted molar refractivity (Wildman–Crippen MR) is 111 cm³/mol. The molecule has 2 aromatic rings. The molecule has 146 valence electrons. The maximum atomic E-state index is 13.1. The summed E-state index contributed by atoms with van der Waals surface area (Å²) < 4.78 is 5.49. The van der Waals surface area contributed by atoms with Crippen LogP contribution in [0.5, 0.6) is 5.75 Å². The molecule has 28 heavy (non-hydrogen) atoms. The van der Waals surface area contributed by atoms with Crippen LogP contribution in [0.3, 0.4) is 0 Å². The molecule has 0 radical (unpaired) electrons. The topological polar surface area (TPSA) is 58.6 Å². The van der Waals surface area contributed by atoms with E-state index in [9.17, 15) is 9.59 Å². The minimum atomic E-state index is -0.303. The molecule has 0 bridgehead atoms. The van der Waals surface area contributed by atoms with Crippen LogP contribution in [0.15, 0.2) is 48.2 Å². The number of anilines is 1. The van der Waals surface area contributed by atoms with E-state index in [1.54, 1.807) is 0 Å². The lowest BCUT2D eigenvalue weighted by Gasteiger charge is -2.19. The monoisotopic (exact) mass is 378 g/mol. The molecule has 5 heteroatoms. The van der Waals surface area contributed by atoms with Crippen LogP contribution in [0.2, 0.25) is 0 Å². The number of nitrogens with one attached hydrogen (secondary N) is 1. The van der Waals surface area contributed by atoms with E-state index in [0.717, 1.165) is 22.6 Å². The van der Waals surface area contributed by atoms with Crippen molar-refractivity contribution in [3.63, 3.8) is 0 Å². The fourth-order valence-electron chi connectivity index (χ4n) is 3.48. The van der Waals surface area contributed by atoms with Crippen LogP contribution in [-0.2, 0) is 9.59 Å². The molecule has 5 nitrogen and oxygen atoms in total. The quantitative estimate of drug-likeness (QED) is 0.762. The van der Waals surface area contributed by atoms with E-state index in [2.05, 4.69) is 11.4 Å². The number of nitrogens with zero attached hydrogens (tertiary/aromatic N) is 1. The van der Waals surface area contributed by atoms with E-state index in [4.69, 9.17) is 4.74 Å². The number of hydrogen-bond donors (Lipinski definition) is 1. The van der Waals surface area contributed by atoms with Gasteiger partial charge in [-0.1, -0.05) is 18.2 Å². The number of aryl methyl sites for hydroxylation is 2. The summed E-state index contributed by atoms with van der Waals surface area (Å²) in [6, 6.07) is 13.0. The van der Waals surface area contributed by atoms with Gasteiger partial charge in [0, 0.05) is 11.7 Å². The standard InChI is InChI=1S/C23H26N2O3/c1-6-28-19-9-7-17(8-10-19)20-21(23(27)25(14(2)3)22(20)26)24-18-12-15(4)11-16(5)13-18/h7-14,24H,6H2,1-5H3. The Labute approximate surface area is 166 Å². The molecule has 2 amide bonds. The minimum absolute atomic E-state index is 0.226. The summed E-state index contributed by atoms with van der Waals surface area (Å²) in [5.74, 6) is 0.146. The summed E-state index contributed by atoms with van der Waals surface area (Å²) >= 11 is 0. The van der Waals surface area contributed by atoms with Gasteiger partial charge in [-0.25, -0.2) is 0 Å². The van der Waals surface area contributed by atoms with E-state index in [1.165, 1.54) is 4.90 Å². The third kappa shape index (κ3) is 3.79. The summed E-state index contributed by atoms with van der Waals surface area (Å²) in [6.07, 6.45) is 0. The molecular weight excluding hydrogens is 352 g/mol. The molecule has 0 unspecified atom stereocenters. The second-order valence-corrected chi connectivity index (χ2v) is 7.28. The van der Waals surface area contributed by atoms with E-state index in [-0.39, 0.29) is 17.9 Å². The highest BCUT2D eigenvalue weighted by Crippen LogP contribution is 2.32. The maximum Gasteiger partial charge on any atom is 0.278 e. The Morgan fingerprint density at radius 3 is 2.11 bits per heavy atom. The zero-order chi connectivity index (χ0) is 20.4. The van der Waals surface area contributed by atoms with Crippen LogP contribution in [0.1, 0.15) is 37.5 Å². The Morgan fingerprint density at radius 1 is 0.964 bits per heavy atom. The van der Waals surface area contributed by atoms with Gasteiger partial charge in [-0.05, 0) is 75.6 Å². The highest BCUT2D eigenvalue weighted by atomic mass is 16.5. The molecule has 0 atom stereocenters. The number of amides is 2. The van der Waals surface area contributed by atoms with Crippen LogP contribution < -0.4 is 10.1 Å². The molecule has 1 N–H and O–H groups in total. The van der Waals surface area contributed by atoms with Crippen LogP contribution in [0, 0.1) is 13.8 Å². The summed E-state index contributed by atoms with van der Waals surface area (Å²) in [4.78, 5) is 27.4. The van der Waals surface area contributed by atoms with Crippen molar-refractivity contribution in [2.45, 2.75) is 40.7 Å². The summed E-state index contributed by atoms with van der Waals surface area (Å²) in [6.45, 7) is 10.2. The fourth-order valence-corrected chi connectivity index (χ4v) is 3.48. The van der Waals surface area contributed by atoms with Gasteiger partial charge in [0.1, 0.15) is 11.4 Å². The lowest BCUT2D eigenvalue weighted by atomic mass is 10.0. The number of hydrogen-bond acceptors (Lipinski definition) is 4. The van der Waals surface area contributed by atoms with Crippen molar-refractivity contribution in [2.75, 3.05) is 11.9 Å². The molecule has 0 spiro atoms. The molecular formula is C23H26N2O3. The van der Waals surface area contributed by atoms with Gasteiger partial charge in [0.2, 0.25) is 0 Å². The third-order valence-electron chi connectivity index (χ3n) is 4.58. The number of ether oxygens (including phenoxy) is 1. The van der Waals surface area contributed by atoms with Crippen molar-refractivity contribution in [2.24, 2.45) is 0 Å². The highest BCUT2D eigenvalue weighted by Gasteiger charge is 2.40. The van der Waals surface area contributed by atoms with Gasteiger partial charge in [0.15, 0.2) is 0 Å². The first-order valence-corrected chi connectivity index (χ1v) is 9.52. The minimum Gasteiger partial charge on any atom is -0.494 e. The van der Waals surface area contributed by atoms with Crippen molar-refractivity contribution >= 4 is 23.1 Å². The zero-order valence-corrected chi connectivity index (χ0v) is 17.0. The van der Waals surface area contributed by atoms with Gasteiger partial charge in [-0.2, -0.15) is 0 Å². The van der Waals surface area contributed by atoms with Crippen molar-refractivity contribution in [1.82, 2.24) is 4.90 Å². The van der Waals surface area contributed by atoms with Crippen LogP contribution in [0.4, 0.5) is 5.69 Å². The largest absolute Gasteiger partial charge is 0.494 e. The van der Waals surface area contributed by atoms with Gasteiger partial charge < -0.3 is 10.1 Å². The van der Waals surface area contributed by atoms with Crippen molar-refractivity contribution in [3.05, 3.63) is 64.9 Å². The molecule has 0 saturated heterocycles. The second kappa shape index (κ2) is 7.89. The van der Waals surface area contributed by atoms with Crippen LogP contribution >= 0.6 is 0 Å². The number of benzene rings is 2. The molecule has 0 aliphatic carbocycles. The lowest BCUT2D eigenvalue weighted by molar-refractivity contribution is -0.138. The van der Waals surface area contributed by atoms with Crippen molar-refractivity contribution in [1.29, 1.82) is 0 Å². The normalized spacial score (nSPS) is 14.3. The van der Waals surface area contributed by atoms with E-state index < -0.39 is 0 Å². The smallest absolute Gasteiger partial charge is 0.278 e. The average Bonchev–Trinajstić information content (AvgIpc) is 2.85. The van der Waals surface area contributed by atoms with Crippen LogP contribution in [-0.4, -0.2) is 29.4 Å². The fraction of sp³-hybridized carbons (Fsp3) is 0.304. The average molecular weight is 378 g/mol. The Kier molecular flexibility index (Phi) is 5.54. The first-order valence-electron chi connectivity index (χ1n) is 9.52. The predicted octanol–water partition coefficient (Wildman–Crippen LogP) is 4.30. The van der Waals surface area contributed by atoms with E-state index in [1.807, 2.05) is 71.0 Å². The number of rotatable bonds is 6. The molecule has 3 rings (SSSR count). The highest BCUT2D eigenvalue weighted by molar-refractivity contribution is 6.36. The van der Waals surface area contributed by atoms with Gasteiger partial charge in [0.25, 0.3) is 11.8 Å². The number of imide groups is 1. The summed E-state index contributed by atoms with van der Waals surface area (Å²) in [7, 11) is 0. The molecule has 2 aromatic carbocycles. The first-order chi connectivity index (χ1) is 13.3. The number of carbonyl (C=O) groups is 2. The van der Waals surface area contributed by atoms with Gasteiger partial charge in [0.05, 0.1) is 12.2 Å². The Morgan fingerprint density at radius 2 is 1.57 bits per heavy atom. The molecule has 1 aliphatic rings.